The molecule has 0 radical (unpaired) electrons. The molecule has 3 atom stereocenters. The molecule has 0 aliphatic carbocycles. The number of nitrogens with one attached hydrogen (secondary N) is 2. The van der Waals surface area contributed by atoms with Crippen molar-refractivity contribution in [2.75, 3.05) is 17.6 Å². The lowest BCUT2D eigenvalue weighted by molar-refractivity contribution is -0.160. The van der Waals surface area contributed by atoms with Crippen LogP contribution in [0.3, 0.4) is 0 Å². The van der Waals surface area contributed by atoms with E-state index in [0.29, 0.717) is 5.13 Å². The monoisotopic (exact) mass is 1300 g/mol. The van der Waals surface area contributed by atoms with E-state index in [9.17, 15) is 0 Å². The zero-order chi connectivity index (χ0) is 64.5. The van der Waals surface area contributed by atoms with Gasteiger partial charge in [-0.05, 0) is 50.6 Å². The van der Waals surface area contributed by atoms with E-state index < -0.39 is 52.8 Å². The first kappa shape index (κ1) is 61.9. The van der Waals surface area contributed by atoms with E-state index in [1.807, 2.05) is 261 Å². The van der Waals surface area contributed by atoms with Gasteiger partial charge >= 0.3 is 5.97 Å². The Labute approximate surface area is 562 Å². The molecule has 466 valence electrons. The summed E-state index contributed by atoms with van der Waals surface area (Å²) in [5.41, 5.74) is 3.13. The van der Waals surface area contributed by atoms with Crippen LogP contribution in [0.2, 0.25) is 0 Å². The molecule has 14 rings (SSSR count). The second-order valence-corrected chi connectivity index (χ2v) is 28.8. The van der Waals surface area contributed by atoms with E-state index in [2.05, 4.69) is 89.2 Å². The number of amides is 2. The Balaban J connectivity index is 0.875. The van der Waals surface area contributed by atoms with Crippen molar-refractivity contribution in [2.45, 2.75) is 28.7 Å². The van der Waals surface area contributed by atoms with Crippen molar-refractivity contribution in [2.24, 2.45) is 10.6 Å². The molecule has 2 saturated heterocycles. The number of thiazole rings is 1. The number of aromatic nitrogens is 1. The van der Waals surface area contributed by atoms with Crippen molar-refractivity contribution in [3.63, 3.8) is 0 Å². The number of benzene rings is 11. The van der Waals surface area contributed by atoms with Gasteiger partial charge in [0.25, 0.3) is 5.91 Å². The number of oxime groups is 1. The quantitative estimate of drug-likeness (QED) is 0.0182. The third-order valence-electron chi connectivity index (χ3n) is 17.9. The number of nitrogens with zero attached hydrogens (tertiary/aromatic N) is 3. The van der Waals surface area contributed by atoms with Crippen LogP contribution in [0, 0.1) is 5.41 Å². The molecular weight excluding hydrogens is 1230 g/mol. The average Bonchev–Trinajstić information content (AvgIpc) is 0.790. The lowest BCUT2D eigenvalue weighted by atomic mass is 9.77. The smallest absolute Gasteiger partial charge is 0.319 e. The fourth-order valence-electron chi connectivity index (χ4n) is 13.3. The number of hydrogen-bond donors (Lipinski definition) is 2. The van der Waals surface area contributed by atoms with Gasteiger partial charge in [-0.1, -0.05) is 345 Å². The molecule has 95 heavy (non-hydrogen) atoms. The Morgan fingerprint density at radius 1 is 0.526 bits per heavy atom. The molecule has 2 unspecified atom stereocenters. The van der Waals surface area contributed by atoms with Crippen LogP contribution in [0.15, 0.2) is 344 Å². The number of esters is 1. The van der Waals surface area contributed by atoms with Crippen molar-refractivity contribution in [1.29, 1.82) is 0 Å². The minimum absolute atomic E-state index is 0.0236. The predicted molar refractivity (Wildman–Crippen MR) is 386 cm³/mol. The van der Waals surface area contributed by atoms with E-state index in [4.69, 9.17) is 19.7 Å². The van der Waals surface area contributed by atoms with Crippen LogP contribution in [0.4, 0.5) is 5.13 Å². The standard InChI is InChI=1S/C82H66N5O5PS2/c88-75(84-73-76(89)87-57-80(59-95-77(73)87,78(90)91-74(60-34-12-1-13-35-60)61-36-14-2-15-37-61)58-93(68-50-28-9-29-51-68,69-52-30-10-31-53-69)70-54-32-11-33-55-70)72(86-92-82(65-44-22-6-23-45-65,66-46-24-7-25-47-66)67-48-26-8-27-49-67)71-56-94-79(83-71)85-81(62-38-16-3-17-39-62,63-40-18-4-19-41-63)64-42-20-5-21-43-64/h1-56,58,73-74,77H,57,59H2,(H,83,85)(H,84,88)/t73?,77-,80?/m1/s1. The maximum absolute atomic E-state index is 16.2. The highest BCUT2D eigenvalue weighted by atomic mass is 32.2. The Kier molecular flexibility index (Phi) is 17.9. The highest BCUT2D eigenvalue weighted by molar-refractivity contribution is 8.00. The van der Waals surface area contributed by atoms with Gasteiger partial charge < -0.3 is 25.1 Å². The van der Waals surface area contributed by atoms with Gasteiger partial charge in [0.1, 0.15) is 28.1 Å². The number of thioether (sulfide) groups is 1. The Morgan fingerprint density at radius 3 is 1.29 bits per heavy atom. The molecule has 13 heteroatoms. The largest absolute Gasteiger partial charge is 0.452 e. The van der Waals surface area contributed by atoms with Gasteiger partial charge in [0.05, 0.1) is 0 Å². The third kappa shape index (κ3) is 12.0. The number of rotatable bonds is 21. The minimum atomic E-state index is -2.90. The molecular formula is C82H66N5O5PS2. The first-order valence-corrected chi connectivity index (χ1v) is 35.4. The number of β-lactam (4-membered cyclic amide) rings is 1. The summed E-state index contributed by atoms with van der Waals surface area (Å²) in [6, 6.07) is 110. The summed E-state index contributed by atoms with van der Waals surface area (Å²) in [7, 11) is 0. The van der Waals surface area contributed by atoms with E-state index in [-0.39, 0.29) is 29.6 Å². The molecule has 2 aliphatic rings. The van der Waals surface area contributed by atoms with Crippen LogP contribution in [0.25, 0.3) is 0 Å². The van der Waals surface area contributed by atoms with Gasteiger partial charge in [-0.3, -0.25) is 14.4 Å². The Bertz CT molecular complexity index is 4330. The molecule has 2 N–H and O–H groups in total. The van der Waals surface area contributed by atoms with Crippen molar-refractivity contribution >= 4 is 80.3 Å². The van der Waals surface area contributed by atoms with Crippen LogP contribution in [0.5, 0.6) is 0 Å². The Hall–Kier alpha value is -10.6. The van der Waals surface area contributed by atoms with Crippen molar-refractivity contribution in [3.8, 4) is 0 Å². The SMILES string of the molecule is O=C(NC1C(=O)N2CC(C=P(c3ccccc3)(c3ccccc3)c3ccccc3)(C(=O)OC(c3ccccc3)c3ccccc3)CS[C@H]12)C(=NOC(c1ccccc1)(c1ccccc1)c1ccccc1)c1csc(NC(c2ccccc2)(c2ccccc2)c2ccccc2)n1. The summed E-state index contributed by atoms with van der Waals surface area (Å²) in [6.07, 6.45) is -0.771. The van der Waals surface area contributed by atoms with Gasteiger partial charge in [0.15, 0.2) is 16.9 Å². The van der Waals surface area contributed by atoms with Crippen molar-refractivity contribution in [3.05, 3.63) is 389 Å². The highest BCUT2D eigenvalue weighted by Gasteiger charge is 2.59. The molecule has 11 aromatic carbocycles. The maximum Gasteiger partial charge on any atom is 0.319 e. The predicted octanol–water partition coefficient (Wildman–Crippen LogP) is 14.8. The number of anilines is 1. The molecule has 2 fully saturated rings. The first-order valence-electron chi connectivity index (χ1n) is 31.6. The molecule has 0 spiro atoms. The third-order valence-corrected chi connectivity index (χ3v) is 24.4. The maximum atomic E-state index is 16.2. The molecule has 0 saturated carbocycles. The zero-order valence-corrected chi connectivity index (χ0v) is 54.2. The lowest BCUT2D eigenvalue weighted by Gasteiger charge is -2.54. The molecule has 2 amide bonds. The lowest BCUT2D eigenvalue weighted by Crippen LogP contribution is -2.74. The van der Waals surface area contributed by atoms with E-state index >= 15 is 14.4 Å². The number of carbonyl (C=O) groups is 3. The van der Waals surface area contributed by atoms with Gasteiger partial charge in [-0.25, -0.2) is 4.98 Å². The van der Waals surface area contributed by atoms with E-state index in [1.165, 1.54) is 23.1 Å². The summed E-state index contributed by atoms with van der Waals surface area (Å²) in [5.74, 6) is 0.944. The number of hydrogen-bond acceptors (Lipinski definition) is 10. The molecule has 2 aliphatic heterocycles. The van der Waals surface area contributed by atoms with Crippen LogP contribution >= 0.6 is 30.0 Å². The molecule has 1 aromatic heterocycles. The van der Waals surface area contributed by atoms with E-state index in [1.54, 1.807) is 10.3 Å². The first-order chi connectivity index (χ1) is 46.8. The van der Waals surface area contributed by atoms with Crippen LogP contribution in [-0.2, 0) is 35.1 Å². The summed E-state index contributed by atoms with van der Waals surface area (Å²) < 4.78 is 6.98. The van der Waals surface area contributed by atoms with Crippen LogP contribution in [0.1, 0.15) is 56.3 Å². The zero-order valence-electron chi connectivity index (χ0n) is 51.7. The number of carbonyl (C=O) groups excluding carboxylic acids is 3. The van der Waals surface area contributed by atoms with Gasteiger partial charge in [0, 0.05) is 34.4 Å². The van der Waals surface area contributed by atoms with Gasteiger partial charge in [-0.2, -0.15) is 0 Å². The summed E-state index contributed by atoms with van der Waals surface area (Å²) in [5, 5.41) is 16.9. The molecule has 3 heterocycles. The second-order valence-electron chi connectivity index (χ2n) is 23.6. The summed E-state index contributed by atoms with van der Waals surface area (Å²) >= 11 is 2.78. The average molecular weight is 1300 g/mol. The van der Waals surface area contributed by atoms with Gasteiger partial charge in [-0.15, -0.1) is 23.1 Å². The van der Waals surface area contributed by atoms with E-state index in [0.717, 1.165) is 60.4 Å². The normalized spacial score (nSPS) is 16.4. The van der Waals surface area contributed by atoms with Crippen molar-refractivity contribution < 1.29 is 24.0 Å². The Morgan fingerprint density at radius 2 is 0.895 bits per heavy atom. The topological polar surface area (TPSA) is 122 Å². The summed E-state index contributed by atoms with van der Waals surface area (Å²) in [4.78, 5) is 61.8. The number of fused-ring (bicyclic) bond motifs is 1. The highest BCUT2D eigenvalue weighted by Crippen LogP contribution is 2.52. The fraction of sp³-hybridized carbons (Fsp3) is 0.0976. The number of ether oxygens (including phenoxy) is 1. The van der Waals surface area contributed by atoms with Crippen molar-refractivity contribution in [1.82, 2.24) is 15.2 Å². The van der Waals surface area contributed by atoms with Crippen LogP contribution < -0.4 is 26.5 Å². The molecule has 0 bridgehead atoms. The van der Waals surface area contributed by atoms with Crippen LogP contribution in [-0.4, -0.2) is 62.9 Å². The minimum Gasteiger partial charge on any atom is -0.452 e. The second kappa shape index (κ2) is 27.5. The molecule has 12 aromatic rings. The fourth-order valence-corrected chi connectivity index (χ4v) is 19.9. The molecule has 10 nitrogen and oxygen atoms in total. The van der Waals surface area contributed by atoms with Gasteiger partial charge in [0.2, 0.25) is 11.5 Å². The summed E-state index contributed by atoms with van der Waals surface area (Å²) in [6.45, 7) is -2.92.